The molecule has 3 aromatic rings. The Morgan fingerprint density at radius 3 is 2.73 bits per heavy atom. The van der Waals surface area contributed by atoms with E-state index in [-0.39, 0.29) is 0 Å². The number of hydrogen-bond donors (Lipinski definition) is 1. The molecule has 15 heavy (non-hydrogen) atoms. The van der Waals surface area contributed by atoms with Gasteiger partial charge in [0, 0.05) is 20.8 Å². The van der Waals surface area contributed by atoms with E-state index in [9.17, 15) is 0 Å². The van der Waals surface area contributed by atoms with Crippen molar-refractivity contribution in [2.45, 2.75) is 0 Å². The smallest absolute Gasteiger partial charge is 0.0658 e. The summed E-state index contributed by atoms with van der Waals surface area (Å²) in [4.78, 5) is 3.32. The second-order valence-electron chi connectivity index (χ2n) is 3.48. The molecule has 2 aromatic carbocycles. The number of rotatable bonds is 0. The largest absolute Gasteiger partial charge is 0.353 e. The summed E-state index contributed by atoms with van der Waals surface area (Å²) in [5, 5.41) is 3.11. The van der Waals surface area contributed by atoms with Gasteiger partial charge in [0.25, 0.3) is 0 Å². The van der Waals surface area contributed by atoms with Crippen LogP contribution < -0.4 is 0 Å². The van der Waals surface area contributed by atoms with Crippen molar-refractivity contribution in [2.75, 3.05) is 0 Å². The molecular formula is C12H7BrClN. The highest BCUT2D eigenvalue weighted by Gasteiger charge is 2.07. The molecule has 0 fully saturated rings. The number of benzene rings is 2. The number of halogens is 2. The van der Waals surface area contributed by atoms with Gasteiger partial charge in [-0.15, -0.1) is 0 Å². The molecule has 0 radical (unpaired) electrons. The molecule has 0 amide bonds. The second kappa shape index (κ2) is 3.26. The van der Waals surface area contributed by atoms with Crippen molar-refractivity contribution in [2.24, 2.45) is 0 Å². The summed E-state index contributed by atoms with van der Waals surface area (Å²) in [6.45, 7) is 0. The number of aromatic nitrogens is 1. The summed E-state index contributed by atoms with van der Waals surface area (Å²) in [6, 6.07) is 12.2. The quantitative estimate of drug-likeness (QED) is 0.612. The maximum Gasteiger partial charge on any atom is 0.0658 e. The average molecular weight is 281 g/mol. The predicted molar refractivity (Wildman–Crippen MR) is 68.5 cm³/mol. The van der Waals surface area contributed by atoms with Crippen molar-refractivity contribution >= 4 is 49.3 Å². The average Bonchev–Trinajstić information content (AvgIpc) is 2.57. The fourth-order valence-electron chi connectivity index (χ4n) is 1.87. The topological polar surface area (TPSA) is 15.8 Å². The first-order valence-corrected chi connectivity index (χ1v) is 5.78. The predicted octanol–water partition coefficient (Wildman–Crippen LogP) is 4.74. The lowest BCUT2D eigenvalue weighted by Crippen LogP contribution is -1.71. The van der Waals surface area contributed by atoms with Crippen molar-refractivity contribution in [3.63, 3.8) is 0 Å². The van der Waals surface area contributed by atoms with Gasteiger partial charge in [0.15, 0.2) is 0 Å². The van der Waals surface area contributed by atoms with Gasteiger partial charge < -0.3 is 4.98 Å². The van der Waals surface area contributed by atoms with Crippen LogP contribution >= 0.6 is 27.5 Å². The molecule has 1 aromatic heterocycles. The molecule has 0 unspecified atom stereocenters. The number of para-hydroxylation sites is 1. The van der Waals surface area contributed by atoms with Crippen LogP contribution in [0.2, 0.25) is 5.02 Å². The number of aromatic amines is 1. The lowest BCUT2D eigenvalue weighted by molar-refractivity contribution is 1.54. The van der Waals surface area contributed by atoms with Crippen molar-refractivity contribution in [3.05, 3.63) is 45.9 Å². The lowest BCUT2D eigenvalue weighted by atomic mass is 10.1. The third-order valence-corrected chi connectivity index (χ3v) is 3.29. The summed E-state index contributed by atoms with van der Waals surface area (Å²) in [5.74, 6) is 0. The van der Waals surface area contributed by atoms with E-state index in [4.69, 9.17) is 11.6 Å². The first kappa shape index (κ1) is 9.25. The Hall–Kier alpha value is -0.990. The zero-order valence-corrected chi connectivity index (χ0v) is 10.1. The van der Waals surface area contributed by atoms with Gasteiger partial charge in [-0.1, -0.05) is 45.7 Å². The molecule has 0 atom stereocenters. The van der Waals surface area contributed by atoms with Gasteiger partial charge in [0.1, 0.15) is 0 Å². The van der Waals surface area contributed by atoms with E-state index < -0.39 is 0 Å². The van der Waals surface area contributed by atoms with Crippen LogP contribution in [0.15, 0.2) is 40.9 Å². The zero-order chi connectivity index (χ0) is 10.4. The Labute approximate surface area is 100 Å². The van der Waals surface area contributed by atoms with Gasteiger partial charge in [0.2, 0.25) is 0 Å². The minimum absolute atomic E-state index is 0.746. The SMILES string of the molecule is Clc1cc(Br)cc2c1[nH]c1ccccc12. The number of nitrogens with one attached hydrogen (secondary N) is 1. The Morgan fingerprint density at radius 2 is 1.87 bits per heavy atom. The van der Waals surface area contributed by atoms with Crippen LogP contribution in [-0.4, -0.2) is 4.98 Å². The van der Waals surface area contributed by atoms with E-state index >= 15 is 0 Å². The van der Waals surface area contributed by atoms with E-state index in [0.29, 0.717) is 0 Å². The highest BCUT2D eigenvalue weighted by molar-refractivity contribution is 9.10. The van der Waals surface area contributed by atoms with E-state index in [1.165, 1.54) is 5.39 Å². The van der Waals surface area contributed by atoms with E-state index in [2.05, 4.69) is 39.1 Å². The summed E-state index contributed by atoms with van der Waals surface area (Å²) in [6.07, 6.45) is 0. The van der Waals surface area contributed by atoms with Crippen molar-refractivity contribution in [3.8, 4) is 0 Å². The Bertz CT molecular complexity index is 657. The van der Waals surface area contributed by atoms with Gasteiger partial charge in [-0.25, -0.2) is 0 Å². The minimum Gasteiger partial charge on any atom is -0.353 e. The molecule has 0 aliphatic carbocycles. The first-order valence-electron chi connectivity index (χ1n) is 4.61. The van der Waals surface area contributed by atoms with Crippen LogP contribution in [-0.2, 0) is 0 Å². The van der Waals surface area contributed by atoms with Crippen LogP contribution in [0.1, 0.15) is 0 Å². The molecule has 1 nitrogen and oxygen atoms in total. The fourth-order valence-corrected chi connectivity index (χ4v) is 2.73. The Morgan fingerprint density at radius 1 is 1.07 bits per heavy atom. The van der Waals surface area contributed by atoms with Gasteiger partial charge in [0.05, 0.1) is 10.5 Å². The number of fused-ring (bicyclic) bond motifs is 3. The minimum atomic E-state index is 0.746. The summed E-state index contributed by atoms with van der Waals surface area (Å²) in [7, 11) is 0. The molecular weight excluding hydrogens is 273 g/mol. The van der Waals surface area contributed by atoms with Crippen molar-refractivity contribution in [1.82, 2.24) is 4.98 Å². The van der Waals surface area contributed by atoms with Crippen molar-refractivity contribution < 1.29 is 0 Å². The molecule has 0 aliphatic rings. The fraction of sp³-hybridized carbons (Fsp3) is 0. The van der Waals surface area contributed by atoms with Crippen LogP contribution in [0.3, 0.4) is 0 Å². The molecule has 1 N–H and O–H groups in total. The molecule has 74 valence electrons. The third kappa shape index (κ3) is 1.36. The maximum absolute atomic E-state index is 6.17. The van der Waals surface area contributed by atoms with Crippen molar-refractivity contribution in [1.29, 1.82) is 0 Å². The van der Waals surface area contributed by atoms with E-state index in [1.807, 2.05) is 18.2 Å². The molecule has 0 aliphatic heterocycles. The van der Waals surface area contributed by atoms with Crippen LogP contribution in [0.25, 0.3) is 21.8 Å². The molecule has 1 heterocycles. The maximum atomic E-state index is 6.17. The number of hydrogen-bond acceptors (Lipinski definition) is 0. The lowest BCUT2D eigenvalue weighted by Gasteiger charge is -1.95. The summed E-state index contributed by atoms with van der Waals surface area (Å²) < 4.78 is 1.00. The van der Waals surface area contributed by atoms with Gasteiger partial charge in [-0.2, -0.15) is 0 Å². The first-order chi connectivity index (χ1) is 7.25. The summed E-state index contributed by atoms with van der Waals surface area (Å²) >= 11 is 9.63. The third-order valence-electron chi connectivity index (χ3n) is 2.53. The summed E-state index contributed by atoms with van der Waals surface area (Å²) in [5.41, 5.74) is 2.12. The molecule has 0 saturated heterocycles. The molecule has 0 bridgehead atoms. The van der Waals surface area contributed by atoms with Gasteiger partial charge in [-0.3, -0.25) is 0 Å². The van der Waals surface area contributed by atoms with Gasteiger partial charge in [-0.05, 0) is 18.2 Å². The van der Waals surface area contributed by atoms with Crippen LogP contribution in [0.4, 0.5) is 0 Å². The monoisotopic (exact) mass is 279 g/mol. The molecule has 3 rings (SSSR count). The van der Waals surface area contributed by atoms with Crippen LogP contribution in [0, 0.1) is 0 Å². The highest BCUT2D eigenvalue weighted by Crippen LogP contribution is 2.32. The standard InChI is InChI=1S/C12H7BrClN/c13-7-5-9-8-3-1-2-4-11(8)15-12(9)10(14)6-7/h1-6,15H. The second-order valence-corrected chi connectivity index (χ2v) is 4.80. The van der Waals surface area contributed by atoms with Gasteiger partial charge >= 0.3 is 0 Å². The Kier molecular flexibility index (Phi) is 2.01. The normalized spacial score (nSPS) is 11.3. The van der Waals surface area contributed by atoms with E-state index in [0.717, 1.165) is 25.9 Å². The number of H-pyrrole nitrogens is 1. The molecule has 3 heteroatoms. The van der Waals surface area contributed by atoms with E-state index in [1.54, 1.807) is 0 Å². The zero-order valence-electron chi connectivity index (χ0n) is 7.72. The Balaban J connectivity index is 2.61. The molecule has 0 saturated carbocycles. The molecule has 0 spiro atoms. The highest BCUT2D eigenvalue weighted by atomic mass is 79.9. The van der Waals surface area contributed by atoms with Crippen LogP contribution in [0.5, 0.6) is 0 Å².